The fourth-order valence-corrected chi connectivity index (χ4v) is 2.90. The zero-order valence-corrected chi connectivity index (χ0v) is 13.5. The summed E-state index contributed by atoms with van der Waals surface area (Å²) < 4.78 is 0. The molecular weight excluding hydrogens is 240 g/mol. The van der Waals surface area contributed by atoms with Crippen molar-refractivity contribution in [3.63, 3.8) is 0 Å². The molecule has 0 aromatic heterocycles. The van der Waals surface area contributed by atoms with E-state index in [1.165, 1.54) is 44.9 Å². The SMILES string of the molecule is CCCCCCCCCCC(=O)CSCC(C)C. The largest absolute Gasteiger partial charge is 0.299 e. The number of Topliss-reactive ketones (excluding diaryl/α,β-unsaturated/α-hetero) is 1. The van der Waals surface area contributed by atoms with E-state index in [4.69, 9.17) is 0 Å². The van der Waals surface area contributed by atoms with Crippen LogP contribution in [0.25, 0.3) is 0 Å². The van der Waals surface area contributed by atoms with E-state index in [0.717, 1.165) is 24.3 Å². The van der Waals surface area contributed by atoms with E-state index in [9.17, 15) is 4.79 Å². The molecule has 0 amide bonds. The molecule has 0 aliphatic rings. The summed E-state index contributed by atoms with van der Waals surface area (Å²) in [4.78, 5) is 11.6. The lowest BCUT2D eigenvalue weighted by atomic mass is 10.1. The lowest BCUT2D eigenvalue weighted by Crippen LogP contribution is -2.03. The van der Waals surface area contributed by atoms with Gasteiger partial charge in [-0.15, -0.1) is 0 Å². The zero-order chi connectivity index (χ0) is 13.6. The minimum absolute atomic E-state index is 0.451. The van der Waals surface area contributed by atoms with Crippen molar-refractivity contribution in [2.75, 3.05) is 11.5 Å². The number of unbranched alkanes of at least 4 members (excludes halogenated alkanes) is 7. The van der Waals surface area contributed by atoms with Crippen LogP contribution in [0.1, 0.15) is 78.6 Å². The molecule has 0 saturated carbocycles. The summed E-state index contributed by atoms with van der Waals surface area (Å²) in [6.07, 6.45) is 11.3. The molecule has 0 aromatic rings. The van der Waals surface area contributed by atoms with Crippen LogP contribution in [0.3, 0.4) is 0 Å². The standard InChI is InChI=1S/C16H32OS/c1-4-5-6-7-8-9-10-11-12-16(17)14-18-13-15(2)3/h15H,4-14H2,1-3H3. The van der Waals surface area contributed by atoms with E-state index in [1.54, 1.807) is 11.8 Å². The monoisotopic (exact) mass is 272 g/mol. The molecule has 18 heavy (non-hydrogen) atoms. The minimum atomic E-state index is 0.451. The molecule has 0 atom stereocenters. The molecule has 0 aromatic carbocycles. The van der Waals surface area contributed by atoms with Crippen molar-refractivity contribution >= 4 is 17.5 Å². The number of thioether (sulfide) groups is 1. The summed E-state index contributed by atoms with van der Waals surface area (Å²) in [6, 6.07) is 0. The van der Waals surface area contributed by atoms with E-state index in [-0.39, 0.29) is 0 Å². The summed E-state index contributed by atoms with van der Waals surface area (Å²) in [5.41, 5.74) is 0. The Kier molecular flexibility index (Phi) is 13.5. The molecule has 0 heterocycles. The van der Waals surface area contributed by atoms with Gasteiger partial charge in [0.15, 0.2) is 0 Å². The zero-order valence-electron chi connectivity index (χ0n) is 12.7. The van der Waals surface area contributed by atoms with Crippen LogP contribution in [0.15, 0.2) is 0 Å². The Hall–Kier alpha value is 0.0200. The van der Waals surface area contributed by atoms with E-state index >= 15 is 0 Å². The fraction of sp³-hybridized carbons (Fsp3) is 0.938. The van der Waals surface area contributed by atoms with Crippen molar-refractivity contribution in [2.45, 2.75) is 78.6 Å². The maximum atomic E-state index is 11.6. The smallest absolute Gasteiger partial charge is 0.142 e. The molecule has 2 heteroatoms. The van der Waals surface area contributed by atoms with Crippen LogP contribution in [0.2, 0.25) is 0 Å². The molecule has 0 fully saturated rings. The summed E-state index contributed by atoms with van der Waals surface area (Å²) >= 11 is 1.80. The van der Waals surface area contributed by atoms with Crippen molar-refractivity contribution in [1.29, 1.82) is 0 Å². The van der Waals surface area contributed by atoms with Gasteiger partial charge in [0.05, 0.1) is 5.75 Å². The maximum Gasteiger partial charge on any atom is 0.142 e. The van der Waals surface area contributed by atoms with Crippen molar-refractivity contribution < 1.29 is 4.79 Å². The van der Waals surface area contributed by atoms with E-state index in [1.807, 2.05) is 0 Å². The predicted molar refractivity (Wildman–Crippen MR) is 84.4 cm³/mol. The first-order chi connectivity index (χ1) is 8.66. The minimum Gasteiger partial charge on any atom is -0.299 e. The van der Waals surface area contributed by atoms with Crippen LogP contribution in [0.4, 0.5) is 0 Å². The maximum absolute atomic E-state index is 11.6. The number of carbonyl (C=O) groups is 1. The molecule has 0 rings (SSSR count). The van der Waals surface area contributed by atoms with Gasteiger partial charge in [-0.05, 0) is 18.1 Å². The van der Waals surface area contributed by atoms with Crippen molar-refractivity contribution in [3.05, 3.63) is 0 Å². The predicted octanol–water partition coefficient (Wildman–Crippen LogP) is 5.48. The topological polar surface area (TPSA) is 17.1 Å². The molecule has 0 bridgehead atoms. The van der Waals surface area contributed by atoms with Crippen LogP contribution in [0, 0.1) is 5.92 Å². The van der Waals surface area contributed by atoms with Crippen LogP contribution in [-0.2, 0) is 4.79 Å². The number of carbonyl (C=O) groups excluding carboxylic acids is 1. The molecular formula is C16H32OS. The highest BCUT2D eigenvalue weighted by Gasteiger charge is 2.03. The molecule has 108 valence electrons. The molecule has 0 aliphatic carbocycles. The highest BCUT2D eigenvalue weighted by Crippen LogP contribution is 2.12. The van der Waals surface area contributed by atoms with Crippen LogP contribution >= 0.6 is 11.8 Å². The van der Waals surface area contributed by atoms with Gasteiger partial charge >= 0.3 is 0 Å². The normalized spacial score (nSPS) is 11.1. The highest BCUT2D eigenvalue weighted by molar-refractivity contribution is 7.99. The van der Waals surface area contributed by atoms with Gasteiger partial charge in [0.2, 0.25) is 0 Å². The third kappa shape index (κ3) is 14.1. The van der Waals surface area contributed by atoms with Crippen LogP contribution in [0.5, 0.6) is 0 Å². The highest BCUT2D eigenvalue weighted by atomic mass is 32.2. The number of ketones is 1. The molecule has 0 N–H and O–H groups in total. The summed E-state index contributed by atoms with van der Waals surface area (Å²) in [5.74, 6) is 3.00. The number of hydrogen-bond donors (Lipinski definition) is 0. The second-order valence-corrected chi connectivity index (χ2v) is 6.70. The van der Waals surface area contributed by atoms with E-state index in [2.05, 4.69) is 20.8 Å². The first-order valence-corrected chi connectivity index (χ1v) is 8.91. The third-order valence-corrected chi connectivity index (χ3v) is 4.45. The van der Waals surface area contributed by atoms with Gasteiger partial charge in [0.1, 0.15) is 5.78 Å². The first kappa shape index (κ1) is 18.0. The Bertz CT molecular complexity index is 190. The van der Waals surface area contributed by atoms with Crippen molar-refractivity contribution in [2.24, 2.45) is 5.92 Å². The Balaban J connectivity index is 3.15. The Labute approximate surface area is 118 Å². The average molecular weight is 272 g/mol. The molecule has 0 radical (unpaired) electrons. The van der Waals surface area contributed by atoms with Gasteiger partial charge in [0.25, 0.3) is 0 Å². The second-order valence-electron chi connectivity index (χ2n) is 5.67. The summed E-state index contributed by atoms with van der Waals surface area (Å²) in [5, 5.41) is 0. The lowest BCUT2D eigenvalue weighted by Gasteiger charge is -2.04. The molecule has 0 spiro atoms. The van der Waals surface area contributed by atoms with Gasteiger partial charge in [-0.1, -0.05) is 65.7 Å². The Morgan fingerprint density at radius 3 is 2.06 bits per heavy atom. The Morgan fingerprint density at radius 2 is 1.50 bits per heavy atom. The van der Waals surface area contributed by atoms with E-state index in [0.29, 0.717) is 11.7 Å². The number of rotatable bonds is 13. The van der Waals surface area contributed by atoms with Crippen molar-refractivity contribution in [1.82, 2.24) is 0 Å². The van der Waals surface area contributed by atoms with Crippen LogP contribution < -0.4 is 0 Å². The summed E-state index contributed by atoms with van der Waals surface area (Å²) in [6.45, 7) is 6.66. The average Bonchev–Trinajstić information content (AvgIpc) is 2.32. The molecule has 0 aliphatic heterocycles. The second kappa shape index (κ2) is 13.5. The van der Waals surface area contributed by atoms with Gasteiger partial charge < -0.3 is 0 Å². The fourth-order valence-electron chi connectivity index (χ4n) is 1.94. The molecule has 0 saturated heterocycles. The van der Waals surface area contributed by atoms with Gasteiger partial charge in [-0.2, -0.15) is 11.8 Å². The van der Waals surface area contributed by atoms with Gasteiger partial charge in [0, 0.05) is 6.42 Å². The quantitative estimate of drug-likeness (QED) is 0.413. The van der Waals surface area contributed by atoms with Gasteiger partial charge in [-0.25, -0.2) is 0 Å². The molecule has 0 unspecified atom stereocenters. The molecule has 1 nitrogen and oxygen atoms in total. The Morgan fingerprint density at radius 1 is 0.944 bits per heavy atom. The summed E-state index contributed by atoms with van der Waals surface area (Å²) in [7, 11) is 0. The first-order valence-electron chi connectivity index (χ1n) is 7.76. The van der Waals surface area contributed by atoms with E-state index < -0.39 is 0 Å². The lowest BCUT2D eigenvalue weighted by molar-refractivity contribution is -0.116. The van der Waals surface area contributed by atoms with Crippen molar-refractivity contribution in [3.8, 4) is 0 Å². The third-order valence-electron chi connectivity index (χ3n) is 3.02. The van der Waals surface area contributed by atoms with Crippen LogP contribution in [-0.4, -0.2) is 17.3 Å². The number of hydrogen-bond acceptors (Lipinski definition) is 2. The van der Waals surface area contributed by atoms with Gasteiger partial charge in [-0.3, -0.25) is 4.79 Å².